The second kappa shape index (κ2) is 3.10. The smallest absolute Gasteiger partial charge is 0.306 e. The minimum absolute atomic E-state index is 0. The molecule has 3 heteroatoms. The van der Waals surface area contributed by atoms with Gasteiger partial charge in [0.25, 0.3) is 0 Å². The van der Waals surface area contributed by atoms with Crippen LogP contribution in [0.2, 0.25) is 0 Å². The van der Waals surface area contributed by atoms with E-state index in [1.54, 1.807) is 0 Å². The number of aliphatic carboxylic acids is 1. The van der Waals surface area contributed by atoms with E-state index < -0.39 is 5.97 Å². The molecular weight excluding hydrogens is 156 g/mol. The third-order valence-electron chi connectivity index (χ3n) is 1.45. The molecule has 0 heterocycles. The van der Waals surface area contributed by atoms with Gasteiger partial charge in [0.2, 0.25) is 0 Å². The van der Waals surface area contributed by atoms with Crippen molar-refractivity contribution in [2.24, 2.45) is 5.92 Å². The Labute approximate surface area is 58.7 Å². The van der Waals surface area contributed by atoms with Gasteiger partial charge in [-0.2, -0.15) is 0 Å². The molecule has 0 aliphatic heterocycles. The van der Waals surface area contributed by atoms with E-state index in [-0.39, 0.29) is 23.0 Å². The Morgan fingerprint density at radius 1 is 1.50 bits per heavy atom. The van der Waals surface area contributed by atoms with E-state index in [9.17, 15) is 4.79 Å². The van der Waals surface area contributed by atoms with Gasteiger partial charge in [0.1, 0.15) is 0 Å². The summed E-state index contributed by atoms with van der Waals surface area (Å²) >= 11 is 0. The SMILES string of the molecule is O=C(O)C1CCC1.[Cu]. The second-order valence-corrected chi connectivity index (χ2v) is 1.97. The van der Waals surface area contributed by atoms with Crippen LogP contribution in [0.5, 0.6) is 0 Å². The molecule has 0 bridgehead atoms. The molecule has 8 heavy (non-hydrogen) atoms. The molecule has 0 unspecified atom stereocenters. The maximum Gasteiger partial charge on any atom is 0.306 e. The van der Waals surface area contributed by atoms with Gasteiger partial charge < -0.3 is 5.11 Å². The number of hydrogen-bond acceptors (Lipinski definition) is 1. The quantitative estimate of drug-likeness (QED) is 0.583. The third-order valence-corrected chi connectivity index (χ3v) is 1.45. The molecule has 1 fully saturated rings. The predicted molar refractivity (Wildman–Crippen MR) is 25.0 cm³/mol. The molecular formula is C5H8CuO2. The van der Waals surface area contributed by atoms with E-state index in [2.05, 4.69) is 0 Å². The molecule has 0 atom stereocenters. The summed E-state index contributed by atoms with van der Waals surface area (Å²) < 4.78 is 0. The first-order chi connectivity index (χ1) is 3.30. The average Bonchev–Trinajstić information content (AvgIpc) is 1.23. The molecule has 0 aromatic carbocycles. The van der Waals surface area contributed by atoms with Gasteiger partial charge in [0.05, 0.1) is 5.92 Å². The van der Waals surface area contributed by atoms with Crippen molar-refractivity contribution in [2.45, 2.75) is 19.3 Å². The molecule has 0 aromatic heterocycles. The van der Waals surface area contributed by atoms with Gasteiger partial charge in [0.15, 0.2) is 0 Å². The number of carbonyl (C=O) groups is 1. The van der Waals surface area contributed by atoms with Crippen LogP contribution in [0.25, 0.3) is 0 Å². The minimum atomic E-state index is -0.619. The fraction of sp³-hybridized carbons (Fsp3) is 0.800. The first kappa shape index (κ1) is 7.99. The van der Waals surface area contributed by atoms with Gasteiger partial charge in [-0.1, -0.05) is 6.42 Å². The van der Waals surface area contributed by atoms with E-state index in [4.69, 9.17) is 5.11 Å². The molecule has 2 nitrogen and oxygen atoms in total. The van der Waals surface area contributed by atoms with Gasteiger partial charge in [0, 0.05) is 17.1 Å². The maximum absolute atomic E-state index is 9.98. The molecule has 1 N–H and O–H groups in total. The molecule has 1 saturated carbocycles. The van der Waals surface area contributed by atoms with Crippen molar-refractivity contribution >= 4 is 5.97 Å². The summed E-state index contributed by atoms with van der Waals surface area (Å²) in [5.41, 5.74) is 0. The molecule has 0 amide bonds. The summed E-state index contributed by atoms with van der Waals surface area (Å²) in [4.78, 5) is 9.98. The topological polar surface area (TPSA) is 37.3 Å². The van der Waals surface area contributed by atoms with Crippen molar-refractivity contribution in [3.63, 3.8) is 0 Å². The Morgan fingerprint density at radius 3 is 2.00 bits per heavy atom. The monoisotopic (exact) mass is 163 g/mol. The zero-order chi connectivity index (χ0) is 5.28. The van der Waals surface area contributed by atoms with E-state index in [1.807, 2.05) is 0 Å². The van der Waals surface area contributed by atoms with Crippen LogP contribution in [-0.2, 0) is 21.9 Å². The van der Waals surface area contributed by atoms with Crippen LogP contribution in [0.4, 0.5) is 0 Å². The molecule has 0 saturated heterocycles. The Kier molecular flexibility index (Phi) is 3.10. The zero-order valence-electron chi connectivity index (χ0n) is 4.36. The molecule has 1 radical (unpaired) electrons. The molecule has 1 aliphatic carbocycles. The van der Waals surface area contributed by atoms with E-state index in [0.29, 0.717) is 0 Å². The van der Waals surface area contributed by atoms with Crippen LogP contribution in [-0.4, -0.2) is 11.1 Å². The summed E-state index contributed by atoms with van der Waals surface area (Å²) in [6.45, 7) is 0. The third kappa shape index (κ3) is 1.49. The largest absolute Gasteiger partial charge is 0.481 e. The van der Waals surface area contributed by atoms with Gasteiger partial charge in [-0.25, -0.2) is 0 Å². The molecule has 0 aromatic rings. The predicted octanol–water partition coefficient (Wildman–Crippen LogP) is 0.869. The van der Waals surface area contributed by atoms with Crippen LogP contribution in [0, 0.1) is 5.92 Å². The summed E-state index contributed by atoms with van der Waals surface area (Å²) in [6, 6.07) is 0. The minimum Gasteiger partial charge on any atom is -0.481 e. The van der Waals surface area contributed by atoms with Gasteiger partial charge in [-0.05, 0) is 12.8 Å². The Bertz CT molecular complexity index is 88.4. The van der Waals surface area contributed by atoms with Gasteiger partial charge >= 0.3 is 5.97 Å². The van der Waals surface area contributed by atoms with Crippen LogP contribution in [0.15, 0.2) is 0 Å². The Balaban J connectivity index is 0.000000490. The zero-order valence-corrected chi connectivity index (χ0v) is 5.30. The van der Waals surface area contributed by atoms with E-state index in [1.165, 1.54) is 0 Å². The second-order valence-electron chi connectivity index (χ2n) is 1.97. The fourth-order valence-electron chi connectivity index (χ4n) is 0.655. The number of carboxylic acids is 1. The van der Waals surface area contributed by atoms with Gasteiger partial charge in [-0.15, -0.1) is 0 Å². The maximum atomic E-state index is 9.98. The molecule has 51 valence electrons. The van der Waals surface area contributed by atoms with Crippen molar-refractivity contribution in [1.82, 2.24) is 0 Å². The number of rotatable bonds is 1. The van der Waals surface area contributed by atoms with E-state index in [0.717, 1.165) is 19.3 Å². The first-order valence-corrected chi connectivity index (χ1v) is 2.53. The summed E-state index contributed by atoms with van der Waals surface area (Å²) in [5.74, 6) is -0.619. The number of carboxylic acid groups (broad SMARTS) is 1. The molecule has 1 rings (SSSR count). The standard InChI is InChI=1S/C5H8O2.Cu/c6-5(7)4-2-1-3-4;/h4H,1-3H2,(H,6,7);. The normalized spacial score (nSPS) is 18.5. The summed E-state index contributed by atoms with van der Waals surface area (Å²) in [7, 11) is 0. The van der Waals surface area contributed by atoms with Crippen molar-refractivity contribution in [3.8, 4) is 0 Å². The van der Waals surface area contributed by atoms with E-state index >= 15 is 0 Å². The van der Waals surface area contributed by atoms with Crippen LogP contribution >= 0.6 is 0 Å². The molecule has 1 aliphatic rings. The van der Waals surface area contributed by atoms with Crippen molar-refractivity contribution in [1.29, 1.82) is 0 Å². The summed E-state index contributed by atoms with van der Waals surface area (Å²) in [5, 5.41) is 8.23. The van der Waals surface area contributed by atoms with Crippen molar-refractivity contribution < 1.29 is 27.0 Å². The average molecular weight is 164 g/mol. The Hall–Kier alpha value is -0.0105. The van der Waals surface area contributed by atoms with Crippen LogP contribution in [0.3, 0.4) is 0 Å². The Morgan fingerprint density at radius 2 is 2.00 bits per heavy atom. The van der Waals surface area contributed by atoms with Crippen LogP contribution < -0.4 is 0 Å². The van der Waals surface area contributed by atoms with Crippen molar-refractivity contribution in [2.75, 3.05) is 0 Å². The summed E-state index contributed by atoms with van der Waals surface area (Å²) in [6.07, 6.45) is 2.90. The van der Waals surface area contributed by atoms with Crippen molar-refractivity contribution in [3.05, 3.63) is 0 Å². The molecule has 0 spiro atoms. The fourth-order valence-corrected chi connectivity index (χ4v) is 0.655. The number of hydrogen-bond donors (Lipinski definition) is 1. The first-order valence-electron chi connectivity index (χ1n) is 2.53. The van der Waals surface area contributed by atoms with Crippen LogP contribution in [0.1, 0.15) is 19.3 Å². The van der Waals surface area contributed by atoms with Gasteiger partial charge in [-0.3, -0.25) is 4.79 Å².